The Morgan fingerprint density at radius 1 is 1.11 bits per heavy atom. The van der Waals surface area contributed by atoms with Crippen molar-refractivity contribution in [2.45, 2.75) is 57.5 Å². The van der Waals surface area contributed by atoms with E-state index in [-0.39, 0.29) is 35.8 Å². The van der Waals surface area contributed by atoms with Crippen molar-refractivity contribution in [2.75, 3.05) is 52.5 Å². The second-order valence-electron chi connectivity index (χ2n) is 8.15. The Bertz CT molecular complexity index is 512. The maximum Gasteiger partial charge on any atom is 0.225 e. The zero-order valence-corrected chi connectivity index (χ0v) is 19.5. The maximum atomic E-state index is 12.7. The molecule has 8 heteroatoms. The van der Waals surface area contributed by atoms with Crippen LogP contribution in [0.1, 0.15) is 51.9 Å². The molecular formula is C20H37IN4O3. The average molecular weight is 508 g/mol. The molecule has 2 N–H and O–H groups in total. The number of morpholine rings is 1. The van der Waals surface area contributed by atoms with Crippen LogP contribution in [0.25, 0.3) is 0 Å². The summed E-state index contributed by atoms with van der Waals surface area (Å²) in [5.41, 5.74) is -0.635. The summed E-state index contributed by atoms with van der Waals surface area (Å²) >= 11 is 0. The monoisotopic (exact) mass is 508 g/mol. The van der Waals surface area contributed by atoms with Gasteiger partial charge in [0.1, 0.15) is 0 Å². The molecule has 1 aliphatic carbocycles. The largest absolute Gasteiger partial charge is 0.388 e. The van der Waals surface area contributed by atoms with Crippen LogP contribution in [0.2, 0.25) is 0 Å². The first kappa shape index (κ1) is 23.7. The molecule has 28 heavy (non-hydrogen) atoms. The third-order valence-corrected chi connectivity index (χ3v) is 6.11. The van der Waals surface area contributed by atoms with Gasteiger partial charge >= 0.3 is 0 Å². The maximum absolute atomic E-state index is 12.7. The molecule has 0 unspecified atom stereocenters. The summed E-state index contributed by atoms with van der Waals surface area (Å²) in [6, 6.07) is 0. The molecule has 2 aliphatic heterocycles. The van der Waals surface area contributed by atoms with Crippen molar-refractivity contribution in [1.29, 1.82) is 0 Å². The Kier molecular flexibility index (Phi) is 9.76. The number of aliphatic imine (C=N–C) groups is 1. The Labute approximate surface area is 186 Å². The summed E-state index contributed by atoms with van der Waals surface area (Å²) in [6.45, 7) is 7.79. The average Bonchev–Trinajstić information content (AvgIpc) is 2.72. The number of likely N-dealkylation sites (tertiary alicyclic amines) is 1. The van der Waals surface area contributed by atoms with Gasteiger partial charge in [0, 0.05) is 38.6 Å². The minimum Gasteiger partial charge on any atom is -0.388 e. The molecule has 162 valence electrons. The van der Waals surface area contributed by atoms with Crippen LogP contribution in [0, 0.1) is 5.92 Å². The first-order chi connectivity index (χ1) is 13.1. The van der Waals surface area contributed by atoms with Crippen LogP contribution >= 0.6 is 24.0 Å². The van der Waals surface area contributed by atoms with Crippen LogP contribution in [-0.2, 0) is 9.53 Å². The normalized spacial score (nSPS) is 23.9. The van der Waals surface area contributed by atoms with Crippen LogP contribution in [0.4, 0.5) is 0 Å². The number of nitrogens with one attached hydrogen (secondary N) is 1. The van der Waals surface area contributed by atoms with Gasteiger partial charge in [-0.3, -0.25) is 9.79 Å². The van der Waals surface area contributed by atoms with Gasteiger partial charge in [-0.2, -0.15) is 0 Å². The molecule has 2 saturated heterocycles. The van der Waals surface area contributed by atoms with E-state index in [1.807, 2.05) is 4.90 Å². The summed E-state index contributed by atoms with van der Waals surface area (Å²) in [4.78, 5) is 21.7. The van der Waals surface area contributed by atoms with Crippen molar-refractivity contribution < 1.29 is 14.6 Å². The molecule has 3 aliphatic rings. The topological polar surface area (TPSA) is 77.4 Å². The lowest BCUT2D eigenvalue weighted by molar-refractivity contribution is -0.140. The lowest BCUT2D eigenvalue weighted by atomic mass is 9.85. The molecule has 0 bridgehead atoms. The minimum absolute atomic E-state index is 0. The number of rotatable bonds is 4. The highest BCUT2D eigenvalue weighted by Crippen LogP contribution is 2.28. The smallest absolute Gasteiger partial charge is 0.225 e. The molecule has 3 fully saturated rings. The van der Waals surface area contributed by atoms with Crippen molar-refractivity contribution in [1.82, 2.24) is 15.1 Å². The Morgan fingerprint density at radius 2 is 1.75 bits per heavy atom. The summed E-state index contributed by atoms with van der Waals surface area (Å²) in [5.74, 6) is 1.29. The first-order valence-corrected chi connectivity index (χ1v) is 10.7. The third kappa shape index (κ3) is 6.45. The number of halogens is 1. The highest BCUT2D eigenvalue weighted by atomic mass is 127. The molecule has 0 atom stereocenters. The number of ether oxygens (including phenoxy) is 1. The van der Waals surface area contributed by atoms with E-state index in [0.717, 1.165) is 77.2 Å². The minimum atomic E-state index is -0.635. The molecule has 7 nitrogen and oxygen atoms in total. The predicted octanol–water partition coefficient (Wildman–Crippen LogP) is 1.84. The lowest BCUT2D eigenvalue weighted by Gasteiger charge is -2.37. The van der Waals surface area contributed by atoms with Crippen molar-refractivity contribution >= 4 is 35.8 Å². The number of aliphatic hydroxyl groups is 1. The number of piperidine rings is 1. The fourth-order valence-electron chi connectivity index (χ4n) is 4.40. The molecule has 0 aromatic heterocycles. The highest BCUT2D eigenvalue weighted by Gasteiger charge is 2.32. The number of nitrogens with zero attached hydrogens (tertiary/aromatic N) is 3. The summed E-state index contributed by atoms with van der Waals surface area (Å²) in [7, 11) is 0. The molecule has 1 amide bonds. The van der Waals surface area contributed by atoms with Crippen molar-refractivity contribution in [3.05, 3.63) is 0 Å². The molecule has 0 radical (unpaired) electrons. The second-order valence-corrected chi connectivity index (χ2v) is 8.15. The van der Waals surface area contributed by atoms with E-state index in [2.05, 4.69) is 17.1 Å². The van der Waals surface area contributed by atoms with Crippen LogP contribution in [0.15, 0.2) is 4.99 Å². The Morgan fingerprint density at radius 3 is 2.36 bits per heavy atom. The van der Waals surface area contributed by atoms with Crippen LogP contribution in [0.3, 0.4) is 0 Å². The van der Waals surface area contributed by atoms with Crippen LogP contribution in [-0.4, -0.2) is 84.9 Å². The zero-order chi connectivity index (χ0) is 19.1. The van der Waals surface area contributed by atoms with E-state index in [9.17, 15) is 9.90 Å². The summed E-state index contributed by atoms with van der Waals surface area (Å²) < 4.78 is 5.35. The number of guanidine groups is 1. The lowest BCUT2D eigenvalue weighted by Crippen LogP contribution is -2.50. The highest BCUT2D eigenvalue weighted by molar-refractivity contribution is 14.0. The zero-order valence-electron chi connectivity index (χ0n) is 17.2. The van der Waals surface area contributed by atoms with Gasteiger partial charge in [0.15, 0.2) is 5.96 Å². The van der Waals surface area contributed by atoms with Gasteiger partial charge in [0.25, 0.3) is 0 Å². The van der Waals surface area contributed by atoms with Gasteiger partial charge in [-0.1, -0.05) is 19.3 Å². The van der Waals surface area contributed by atoms with E-state index in [1.54, 1.807) is 0 Å². The Balaban J connectivity index is 0.00000280. The van der Waals surface area contributed by atoms with Crippen LogP contribution in [0.5, 0.6) is 0 Å². The van der Waals surface area contributed by atoms with E-state index >= 15 is 0 Å². The predicted molar refractivity (Wildman–Crippen MR) is 121 cm³/mol. The number of carbonyl (C=O) groups excluding carboxylic acids is 1. The fraction of sp³-hybridized carbons (Fsp3) is 0.900. The van der Waals surface area contributed by atoms with Gasteiger partial charge < -0.3 is 25.0 Å². The number of amides is 1. The van der Waals surface area contributed by atoms with E-state index in [1.165, 1.54) is 6.42 Å². The van der Waals surface area contributed by atoms with Gasteiger partial charge in [-0.05, 0) is 32.6 Å². The van der Waals surface area contributed by atoms with Crippen molar-refractivity contribution in [3.8, 4) is 0 Å². The standard InChI is InChI=1S/C20H36N4O3.HI/c1-2-21-19(22-16-20(26)8-4-3-5-9-20)24-10-6-17(7-11-24)18(25)23-12-14-27-15-13-23;/h17,26H,2-16H2,1H3,(H,21,22);1H. The van der Waals surface area contributed by atoms with Crippen molar-refractivity contribution in [2.24, 2.45) is 10.9 Å². The number of carbonyl (C=O) groups is 1. The summed E-state index contributed by atoms with van der Waals surface area (Å²) in [5, 5.41) is 14.1. The SMILES string of the molecule is CCNC(=NCC1(O)CCCCC1)N1CCC(C(=O)N2CCOCC2)CC1.I. The third-order valence-electron chi connectivity index (χ3n) is 6.11. The van der Waals surface area contributed by atoms with Gasteiger partial charge in [0.2, 0.25) is 5.91 Å². The van der Waals surface area contributed by atoms with Crippen LogP contribution < -0.4 is 5.32 Å². The molecule has 0 spiro atoms. The quantitative estimate of drug-likeness (QED) is 0.345. The fourth-order valence-corrected chi connectivity index (χ4v) is 4.40. The van der Waals surface area contributed by atoms with Gasteiger partial charge in [-0.25, -0.2) is 0 Å². The Hall–Kier alpha value is -0.610. The van der Waals surface area contributed by atoms with Crippen molar-refractivity contribution in [3.63, 3.8) is 0 Å². The molecule has 3 rings (SSSR count). The molecule has 1 saturated carbocycles. The molecule has 0 aromatic rings. The second kappa shape index (κ2) is 11.5. The van der Waals surface area contributed by atoms with E-state index < -0.39 is 5.60 Å². The van der Waals surface area contributed by atoms with E-state index in [0.29, 0.717) is 19.8 Å². The van der Waals surface area contributed by atoms with Gasteiger partial charge in [0.05, 0.1) is 25.4 Å². The molecule has 0 aromatic carbocycles. The molecular weight excluding hydrogens is 471 g/mol. The number of hydrogen-bond donors (Lipinski definition) is 2. The number of hydrogen-bond acceptors (Lipinski definition) is 4. The molecule has 2 heterocycles. The first-order valence-electron chi connectivity index (χ1n) is 10.7. The summed E-state index contributed by atoms with van der Waals surface area (Å²) in [6.07, 6.45) is 6.85. The van der Waals surface area contributed by atoms with E-state index in [4.69, 9.17) is 9.73 Å². The van der Waals surface area contributed by atoms with Gasteiger partial charge in [-0.15, -0.1) is 24.0 Å².